The summed E-state index contributed by atoms with van der Waals surface area (Å²) >= 11 is 14.2. The van der Waals surface area contributed by atoms with E-state index in [1.165, 1.54) is 35.7 Å². The molecule has 166 valence electrons. The van der Waals surface area contributed by atoms with Crippen LogP contribution in [0.1, 0.15) is 11.1 Å². The SMILES string of the molecule is N/C(=N\c1ccc(Cl)cc1)SCc1cc(F)c(F)cc1CS/C(N)=N/c1ccc(Cl)cc1. The summed E-state index contributed by atoms with van der Waals surface area (Å²) in [4.78, 5) is 8.58. The highest BCUT2D eigenvalue weighted by Crippen LogP contribution is 2.26. The van der Waals surface area contributed by atoms with Crippen molar-refractivity contribution in [1.82, 2.24) is 0 Å². The fourth-order valence-electron chi connectivity index (χ4n) is 2.55. The zero-order valence-electron chi connectivity index (χ0n) is 16.6. The molecule has 0 unspecified atom stereocenters. The first kappa shape index (κ1) is 24.4. The summed E-state index contributed by atoms with van der Waals surface area (Å²) in [6.45, 7) is 0. The second kappa shape index (κ2) is 11.6. The Labute approximate surface area is 203 Å². The number of hydrogen-bond donors (Lipinski definition) is 2. The Morgan fingerprint density at radius 1 is 0.688 bits per heavy atom. The average molecular weight is 511 g/mol. The number of amidine groups is 2. The Hall–Kier alpha value is -2.26. The van der Waals surface area contributed by atoms with Crippen LogP contribution in [0.25, 0.3) is 0 Å². The van der Waals surface area contributed by atoms with Crippen molar-refractivity contribution in [3.63, 3.8) is 0 Å². The van der Waals surface area contributed by atoms with Crippen molar-refractivity contribution < 1.29 is 8.78 Å². The third kappa shape index (κ3) is 7.41. The van der Waals surface area contributed by atoms with Gasteiger partial charge in [0.05, 0.1) is 11.4 Å². The molecule has 32 heavy (non-hydrogen) atoms. The molecule has 0 aliphatic rings. The van der Waals surface area contributed by atoms with Crippen LogP contribution in [-0.2, 0) is 11.5 Å². The molecule has 0 aliphatic heterocycles. The van der Waals surface area contributed by atoms with Gasteiger partial charge in [0.15, 0.2) is 22.0 Å². The van der Waals surface area contributed by atoms with E-state index in [4.69, 9.17) is 34.7 Å². The van der Waals surface area contributed by atoms with Gasteiger partial charge in [-0.3, -0.25) is 0 Å². The summed E-state index contributed by atoms with van der Waals surface area (Å²) in [6, 6.07) is 16.1. The summed E-state index contributed by atoms with van der Waals surface area (Å²) in [7, 11) is 0. The third-order valence-electron chi connectivity index (χ3n) is 4.13. The molecule has 0 amide bonds. The van der Waals surface area contributed by atoms with Crippen molar-refractivity contribution in [2.45, 2.75) is 11.5 Å². The van der Waals surface area contributed by atoms with Gasteiger partial charge in [0.1, 0.15) is 0 Å². The standard InChI is InChI=1S/C22H18Cl2F2N4S2/c23-15-1-5-17(6-2-15)29-21(27)31-11-13-9-19(25)20(26)10-14(13)12-32-22(28)30-18-7-3-16(24)4-8-18/h1-10H,11-12H2,(H2,27,29)(H2,28,30). The van der Waals surface area contributed by atoms with Gasteiger partial charge in [-0.25, -0.2) is 18.8 Å². The maximum absolute atomic E-state index is 13.9. The normalized spacial score (nSPS) is 12.2. The van der Waals surface area contributed by atoms with Gasteiger partial charge in [0.25, 0.3) is 0 Å². The highest BCUT2D eigenvalue weighted by atomic mass is 35.5. The number of aliphatic imine (C=N–C) groups is 2. The number of rotatable bonds is 6. The second-order valence-electron chi connectivity index (χ2n) is 6.47. The lowest BCUT2D eigenvalue weighted by Gasteiger charge is -2.10. The molecule has 3 aromatic rings. The van der Waals surface area contributed by atoms with Crippen LogP contribution in [0, 0.1) is 11.6 Å². The summed E-state index contributed by atoms with van der Waals surface area (Å²) in [6.07, 6.45) is 0. The molecule has 0 fully saturated rings. The highest BCUT2D eigenvalue weighted by molar-refractivity contribution is 8.13. The van der Waals surface area contributed by atoms with Crippen LogP contribution in [0.2, 0.25) is 10.0 Å². The average Bonchev–Trinajstić information content (AvgIpc) is 2.76. The molecular weight excluding hydrogens is 493 g/mol. The Morgan fingerprint density at radius 3 is 1.38 bits per heavy atom. The van der Waals surface area contributed by atoms with Crippen LogP contribution in [-0.4, -0.2) is 10.3 Å². The number of nitrogens with two attached hydrogens (primary N) is 2. The topological polar surface area (TPSA) is 76.8 Å². The maximum Gasteiger partial charge on any atom is 0.159 e. The summed E-state index contributed by atoms with van der Waals surface area (Å²) in [5.41, 5.74) is 14.4. The minimum atomic E-state index is -0.926. The van der Waals surface area contributed by atoms with E-state index >= 15 is 0 Å². The van der Waals surface area contributed by atoms with E-state index in [0.717, 1.165) is 0 Å². The molecule has 0 saturated carbocycles. The molecule has 3 aromatic carbocycles. The molecule has 3 rings (SSSR count). The molecule has 4 N–H and O–H groups in total. The van der Waals surface area contributed by atoms with E-state index in [1.807, 2.05) is 0 Å². The lowest BCUT2D eigenvalue weighted by molar-refractivity contribution is 0.506. The maximum atomic E-state index is 13.9. The van der Waals surface area contributed by atoms with Crippen molar-refractivity contribution in [3.8, 4) is 0 Å². The van der Waals surface area contributed by atoms with Gasteiger partial charge in [0.2, 0.25) is 0 Å². The van der Waals surface area contributed by atoms with Crippen LogP contribution >= 0.6 is 46.7 Å². The minimum absolute atomic E-state index is 0.291. The molecule has 0 spiro atoms. The molecular formula is C22H18Cl2F2N4S2. The number of hydrogen-bond acceptors (Lipinski definition) is 4. The Morgan fingerprint density at radius 2 is 1.03 bits per heavy atom. The van der Waals surface area contributed by atoms with Crippen LogP contribution < -0.4 is 11.5 Å². The van der Waals surface area contributed by atoms with Crippen molar-refractivity contribution in [3.05, 3.63) is 93.5 Å². The summed E-state index contributed by atoms with van der Waals surface area (Å²) < 4.78 is 27.7. The van der Waals surface area contributed by atoms with E-state index in [0.29, 0.717) is 54.4 Å². The monoisotopic (exact) mass is 510 g/mol. The van der Waals surface area contributed by atoms with Crippen LogP contribution in [0.15, 0.2) is 70.6 Å². The number of halogens is 4. The molecule has 10 heteroatoms. The van der Waals surface area contributed by atoms with Gasteiger partial charge >= 0.3 is 0 Å². The van der Waals surface area contributed by atoms with Gasteiger partial charge in [-0.2, -0.15) is 0 Å². The zero-order valence-corrected chi connectivity index (χ0v) is 19.7. The van der Waals surface area contributed by atoms with Crippen LogP contribution in [0.3, 0.4) is 0 Å². The molecule has 0 aromatic heterocycles. The van der Waals surface area contributed by atoms with E-state index < -0.39 is 11.6 Å². The first-order chi connectivity index (χ1) is 15.3. The number of nitrogens with zero attached hydrogens (tertiary/aromatic N) is 2. The predicted molar refractivity (Wildman–Crippen MR) is 134 cm³/mol. The highest BCUT2D eigenvalue weighted by Gasteiger charge is 2.12. The van der Waals surface area contributed by atoms with Crippen molar-refractivity contribution in [2.75, 3.05) is 0 Å². The lowest BCUT2D eigenvalue weighted by atomic mass is 10.1. The largest absolute Gasteiger partial charge is 0.378 e. The molecule has 0 heterocycles. The quantitative estimate of drug-likeness (QED) is 0.275. The van der Waals surface area contributed by atoms with Crippen molar-refractivity contribution in [1.29, 1.82) is 0 Å². The third-order valence-corrected chi connectivity index (χ3v) is 6.31. The lowest BCUT2D eigenvalue weighted by Crippen LogP contribution is -2.09. The minimum Gasteiger partial charge on any atom is -0.378 e. The Kier molecular flexibility index (Phi) is 8.81. The van der Waals surface area contributed by atoms with Gasteiger partial charge in [0, 0.05) is 21.6 Å². The summed E-state index contributed by atoms with van der Waals surface area (Å²) in [5.74, 6) is -1.23. The molecule has 4 nitrogen and oxygen atoms in total. The Bertz CT molecular complexity index is 1050. The smallest absolute Gasteiger partial charge is 0.159 e. The molecule has 0 bridgehead atoms. The molecule has 0 atom stereocenters. The van der Waals surface area contributed by atoms with E-state index in [1.54, 1.807) is 48.5 Å². The number of thioether (sulfide) groups is 2. The second-order valence-corrected chi connectivity index (χ2v) is 9.33. The fraction of sp³-hybridized carbons (Fsp3) is 0.0909. The van der Waals surface area contributed by atoms with Gasteiger partial charge in [-0.1, -0.05) is 46.7 Å². The van der Waals surface area contributed by atoms with Crippen molar-refractivity contribution >= 4 is 68.4 Å². The van der Waals surface area contributed by atoms with Crippen LogP contribution in [0.5, 0.6) is 0 Å². The molecule has 0 radical (unpaired) electrons. The zero-order chi connectivity index (χ0) is 23.1. The van der Waals surface area contributed by atoms with E-state index in [9.17, 15) is 8.78 Å². The number of benzene rings is 3. The van der Waals surface area contributed by atoms with E-state index in [-0.39, 0.29) is 0 Å². The van der Waals surface area contributed by atoms with E-state index in [2.05, 4.69) is 9.98 Å². The predicted octanol–water partition coefficient (Wildman–Crippen LogP) is 7.03. The van der Waals surface area contributed by atoms with Gasteiger partial charge in [-0.05, 0) is 71.8 Å². The van der Waals surface area contributed by atoms with Crippen LogP contribution in [0.4, 0.5) is 20.2 Å². The molecule has 0 saturated heterocycles. The summed E-state index contributed by atoms with van der Waals surface area (Å²) in [5, 5.41) is 1.77. The van der Waals surface area contributed by atoms with Crippen molar-refractivity contribution in [2.24, 2.45) is 21.5 Å². The molecule has 0 aliphatic carbocycles. The van der Waals surface area contributed by atoms with Gasteiger partial charge in [-0.15, -0.1) is 0 Å². The first-order valence-corrected chi connectivity index (χ1v) is 11.9. The fourth-order valence-corrected chi connectivity index (χ4v) is 4.29. The van der Waals surface area contributed by atoms with Gasteiger partial charge < -0.3 is 11.5 Å². The Balaban J connectivity index is 1.69. The first-order valence-electron chi connectivity index (χ1n) is 9.22.